The SMILES string of the molecule is CC(CCc1ccc(O)cc1)Nc1c(Cl)cc(F)cc1Br. The Hall–Kier alpha value is -1.26. The van der Waals surface area contributed by atoms with Crippen molar-refractivity contribution in [1.29, 1.82) is 0 Å². The number of benzene rings is 2. The number of rotatable bonds is 5. The summed E-state index contributed by atoms with van der Waals surface area (Å²) in [6, 6.07) is 10.0. The zero-order chi connectivity index (χ0) is 15.4. The average molecular weight is 373 g/mol. The third-order valence-corrected chi connectivity index (χ3v) is 4.12. The molecule has 1 unspecified atom stereocenters. The molecule has 0 saturated carbocycles. The number of halogens is 3. The predicted molar refractivity (Wildman–Crippen MR) is 88.6 cm³/mol. The maximum atomic E-state index is 13.2. The van der Waals surface area contributed by atoms with Gasteiger partial charge in [0.2, 0.25) is 0 Å². The molecule has 0 amide bonds. The molecule has 0 aromatic heterocycles. The number of anilines is 1. The van der Waals surface area contributed by atoms with Crippen LogP contribution < -0.4 is 5.32 Å². The largest absolute Gasteiger partial charge is 0.508 e. The Morgan fingerprint density at radius 2 is 1.95 bits per heavy atom. The van der Waals surface area contributed by atoms with Gasteiger partial charge in [-0.25, -0.2) is 4.39 Å². The first kappa shape index (κ1) is 16.1. The van der Waals surface area contributed by atoms with Crippen LogP contribution in [0.2, 0.25) is 5.02 Å². The lowest BCUT2D eigenvalue weighted by Gasteiger charge is -2.18. The fraction of sp³-hybridized carbons (Fsp3) is 0.250. The lowest BCUT2D eigenvalue weighted by atomic mass is 10.1. The molecule has 112 valence electrons. The van der Waals surface area contributed by atoms with Crippen molar-refractivity contribution in [3.63, 3.8) is 0 Å². The molecule has 2 rings (SSSR count). The van der Waals surface area contributed by atoms with Gasteiger partial charge in [0.15, 0.2) is 0 Å². The van der Waals surface area contributed by atoms with Crippen LogP contribution in [0.3, 0.4) is 0 Å². The van der Waals surface area contributed by atoms with Gasteiger partial charge in [-0.15, -0.1) is 0 Å². The molecule has 2 N–H and O–H groups in total. The Labute approximate surface area is 137 Å². The third-order valence-electron chi connectivity index (χ3n) is 3.20. The smallest absolute Gasteiger partial charge is 0.125 e. The van der Waals surface area contributed by atoms with E-state index in [2.05, 4.69) is 21.2 Å². The molecule has 5 heteroatoms. The molecule has 0 spiro atoms. The first-order valence-corrected chi connectivity index (χ1v) is 7.82. The minimum absolute atomic E-state index is 0.179. The third kappa shape index (κ3) is 4.61. The van der Waals surface area contributed by atoms with Crippen LogP contribution in [0.15, 0.2) is 40.9 Å². The van der Waals surface area contributed by atoms with Gasteiger partial charge in [0.05, 0.1) is 10.7 Å². The molecule has 0 heterocycles. The normalized spacial score (nSPS) is 12.2. The quantitative estimate of drug-likeness (QED) is 0.738. The number of aryl methyl sites for hydroxylation is 1. The van der Waals surface area contributed by atoms with E-state index in [4.69, 9.17) is 11.6 Å². The second-order valence-electron chi connectivity index (χ2n) is 4.99. The lowest BCUT2D eigenvalue weighted by molar-refractivity contribution is 0.475. The summed E-state index contributed by atoms with van der Waals surface area (Å²) in [6.07, 6.45) is 1.77. The van der Waals surface area contributed by atoms with Gasteiger partial charge in [-0.05, 0) is 65.5 Å². The Kier molecular flexibility index (Phi) is 5.48. The maximum Gasteiger partial charge on any atom is 0.125 e. The van der Waals surface area contributed by atoms with Crippen LogP contribution in [0.1, 0.15) is 18.9 Å². The Balaban J connectivity index is 1.96. The molecule has 0 bridgehead atoms. The molecular formula is C16H16BrClFNO. The van der Waals surface area contributed by atoms with Crippen LogP contribution >= 0.6 is 27.5 Å². The van der Waals surface area contributed by atoms with Crippen LogP contribution in [0, 0.1) is 5.82 Å². The number of phenolic OH excluding ortho intramolecular Hbond substituents is 1. The van der Waals surface area contributed by atoms with Crippen LogP contribution in [0.5, 0.6) is 5.75 Å². The monoisotopic (exact) mass is 371 g/mol. The summed E-state index contributed by atoms with van der Waals surface area (Å²) in [5.74, 6) is -0.0962. The van der Waals surface area contributed by atoms with Gasteiger partial charge in [-0.3, -0.25) is 0 Å². The van der Waals surface area contributed by atoms with Crippen molar-refractivity contribution in [2.45, 2.75) is 25.8 Å². The highest BCUT2D eigenvalue weighted by Gasteiger charge is 2.11. The zero-order valence-electron chi connectivity index (χ0n) is 11.5. The van der Waals surface area contributed by atoms with Crippen LogP contribution in [0.4, 0.5) is 10.1 Å². The highest BCUT2D eigenvalue weighted by molar-refractivity contribution is 9.10. The van der Waals surface area contributed by atoms with Gasteiger partial charge in [0.1, 0.15) is 11.6 Å². The molecule has 2 aromatic carbocycles. The van der Waals surface area contributed by atoms with Gasteiger partial charge in [0.25, 0.3) is 0 Å². The van der Waals surface area contributed by atoms with Gasteiger partial charge in [0, 0.05) is 10.5 Å². The summed E-state index contributed by atoms with van der Waals surface area (Å²) >= 11 is 9.37. The number of aromatic hydroxyl groups is 1. The molecule has 0 saturated heterocycles. The molecule has 0 aliphatic heterocycles. The summed E-state index contributed by atoms with van der Waals surface area (Å²) in [7, 11) is 0. The van der Waals surface area contributed by atoms with E-state index in [-0.39, 0.29) is 17.6 Å². The first-order valence-electron chi connectivity index (χ1n) is 6.64. The molecule has 2 nitrogen and oxygen atoms in total. The summed E-state index contributed by atoms with van der Waals surface area (Å²) in [5.41, 5.74) is 1.86. The summed E-state index contributed by atoms with van der Waals surface area (Å²) < 4.78 is 13.8. The highest BCUT2D eigenvalue weighted by atomic mass is 79.9. The van der Waals surface area contributed by atoms with Gasteiger partial charge in [-0.1, -0.05) is 23.7 Å². The van der Waals surface area contributed by atoms with E-state index in [1.807, 2.05) is 19.1 Å². The summed E-state index contributed by atoms with van der Waals surface area (Å²) in [6.45, 7) is 2.05. The van der Waals surface area contributed by atoms with Crippen molar-refractivity contribution in [2.75, 3.05) is 5.32 Å². The predicted octanol–water partition coefficient (Wildman–Crippen LogP) is 5.38. The van der Waals surface area contributed by atoms with E-state index in [9.17, 15) is 9.50 Å². The van der Waals surface area contributed by atoms with Crippen molar-refractivity contribution >= 4 is 33.2 Å². The second kappa shape index (κ2) is 7.14. The van der Waals surface area contributed by atoms with E-state index in [0.717, 1.165) is 18.4 Å². The molecule has 21 heavy (non-hydrogen) atoms. The van der Waals surface area contributed by atoms with Crippen LogP contribution in [0.25, 0.3) is 0 Å². The van der Waals surface area contributed by atoms with E-state index in [0.29, 0.717) is 15.2 Å². The van der Waals surface area contributed by atoms with E-state index in [1.54, 1.807) is 12.1 Å². The highest BCUT2D eigenvalue weighted by Crippen LogP contribution is 2.32. The summed E-state index contributed by atoms with van der Waals surface area (Å²) in [5, 5.41) is 12.9. The molecule has 0 radical (unpaired) electrons. The first-order chi connectivity index (χ1) is 9.95. The van der Waals surface area contributed by atoms with Crippen LogP contribution in [-0.2, 0) is 6.42 Å². The average Bonchev–Trinajstić information content (AvgIpc) is 2.42. The van der Waals surface area contributed by atoms with Crippen molar-refractivity contribution < 1.29 is 9.50 Å². The van der Waals surface area contributed by atoms with Crippen molar-refractivity contribution in [1.82, 2.24) is 0 Å². The van der Waals surface area contributed by atoms with E-state index < -0.39 is 0 Å². The zero-order valence-corrected chi connectivity index (χ0v) is 13.9. The van der Waals surface area contributed by atoms with E-state index in [1.165, 1.54) is 12.1 Å². The fourth-order valence-corrected chi connectivity index (χ4v) is 2.97. The standard InChI is InChI=1S/C16H16BrClFNO/c1-10(2-3-11-4-6-13(21)7-5-11)20-16-14(17)8-12(19)9-15(16)18/h4-10,20-21H,2-3H2,1H3. The number of phenols is 1. The minimum atomic E-state index is -0.367. The second-order valence-corrected chi connectivity index (χ2v) is 6.26. The number of hydrogen-bond donors (Lipinski definition) is 2. The summed E-state index contributed by atoms with van der Waals surface area (Å²) in [4.78, 5) is 0. The fourth-order valence-electron chi connectivity index (χ4n) is 2.04. The molecule has 2 aromatic rings. The number of nitrogens with one attached hydrogen (secondary N) is 1. The Morgan fingerprint density at radius 1 is 1.29 bits per heavy atom. The van der Waals surface area contributed by atoms with Crippen molar-refractivity contribution in [2.24, 2.45) is 0 Å². The van der Waals surface area contributed by atoms with Crippen molar-refractivity contribution in [3.05, 3.63) is 57.3 Å². The molecule has 0 aliphatic rings. The molecule has 1 atom stereocenters. The number of hydrogen-bond acceptors (Lipinski definition) is 2. The lowest BCUT2D eigenvalue weighted by Crippen LogP contribution is -2.16. The molecular weight excluding hydrogens is 357 g/mol. The van der Waals surface area contributed by atoms with Gasteiger partial charge >= 0.3 is 0 Å². The van der Waals surface area contributed by atoms with Gasteiger partial charge in [-0.2, -0.15) is 0 Å². The Bertz CT molecular complexity index is 595. The molecule has 0 fully saturated rings. The topological polar surface area (TPSA) is 32.3 Å². The van der Waals surface area contributed by atoms with E-state index >= 15 is 0 Å². The van der Waals surface area contributed by atoms with Crippen molar-refractivity contribution in [3.8, 4) is 5.75 Å². The Morgan fingerprint density at radius 3 is 2.57 bits per heavy atom. The van der Waals surface area contributed by atoms with Gasteiger partial charge < -0.3 is 10.4 Å². The van der Waals surface area contributed by atoms with Crippen LogP contribution in [-0.4, -0.2) is 11.1 Å². The minimum Gasteiger partial charge on any atom is -0.508 e. The molecule has 0 aliphatic carbocycles. The maximum absolute atomic E-state index is 13.2.